The van der Waals surface area contributed by atoms with E-state index in [1.54, 1.807) is 12.1 Å². The van der Waals surface area contributed by atoms with Crippen molar-refractivity contribution in [1.29, 1.82) is 0 Å². The van der Waals surface area contributed by atoms with Gasteiger partial charge in [-0.15, -0.1) is 0 Å². The van der Waals surface area contributed by atoms with E-state index < -0.39 is 24.2 Å². The van der Waals surface area contributed by atoms with Crippen LogP contribution in [0.15, 0.2) is 30.3 Å². The van der Waals surface area contributed by atoms with Gasteiger partial charge >= 0.3 is 5.97 Å². The summed E-state index contributed by atoms with van der Waals surface area (Å²) >= 11 is 0. The minimum Gasteiger partial charge on any atom is -0.467 e. The van der Waals surface area contributed by atoms with Crippen molar-refractivity contribution >= 4 is 11.9 Å². The number of β-amino-alcohol motifs (C(OH)–C–C–N with tert-alkyl or cyclic N) is 1. The Morgan fingerprint density at radius 3 is 2.52 bits per heavy atom. The molecule has 1 amide bonds. The van der Waals surface area contributed by atoms with Gasteiger partial charge in [-0.1, -0.05) is 30.3 Å². The molecule has 6 heteroatoms. The monoisotopic (exact) mass is 293 g/mol. The van der Waals surface area contributed by atoms with Crippen molar-refractivity contribution in [2.45, 2.75) is 24.7 Å². The Balaban J connectivity index is 2.22. The lowest BCUT2D eigenvalue weighted by Gasteiger charge is -2.26. The van der Waals surface area contributed by atoms with Crippen LogP contribution < -0.4 is 0 Å². The fourth-order valence-corrected chi connectivity index (χ4v) is 2.57. The first kappa shape index (κ1) is 15.5. The van der Waals surface area contributed by atoms with Crippen LogP contribution in [-0.4, -0.2) is 54.8 Å². The zero-order chi connectivity index (χ0) is 15.4. The molecule has 2 rings (SSSR count). The molecule has 0 spiro atoms. The Hall–Kier alpha value is -1.92. The number of carbonyl (C=O) groups is 2. The van der Waals surface area contributed by atoms with E-state index in [4.69, 9.17) is 9.47 Å². The maximum Gasteiger partial charge on any atom is 0.328 e. The normalized spacial score (nSPS) is 22.9. The number of nitrogens with zero attached hydrogens (tertiary/aromatic N) is 1. The van der Waals surface area contributed by atoms with Gasteiger partial charge in [0.25, 0.3) is 5.91 Å². The molecule has 1 saturated heterocycles. The van der Waals surface area contributed by atoms with E-state index in [0.717, 1.165) is 0 Å². The summed E-state index contributed by atoms with van der Waals surface area (Å²) in [6, 6.07) is 8.27. The number of rotatable bonds is 4. The van der Waals surface area contributed by atoms with Crippen molar-refractivity contribution in [2.75, 3.05) is 20.8 Å². The number of methoxy groups -OCH3 is 2. The van der Waals surface area contributed by atoms with Crippen LogP contribution in [0.5, 0.6) is 0 Å². The molecule has 3 atom stereocenters. The van der Waals surface area contributed by atoms with Crippen LogP contribution in [-0.2, 0) is 19.1 Å². The predicted octanol–water partition coefficient (Wildman–Crippen LogP) is 0.509. The first-order chi connectivity index (χ1) is 10.1. The molecule has 0 radical (unpaired) electrons. The maximum absolute atomic E-state index is 12.6. The molecular formula is C15H19NO5. The number of carbonyl (C=O) groups excluding carboxylic acids is 2. The predicted molar refractivity (Wildman–Crippen MR) is 74.3 cm³/mol. The molecule has 114 valence electrons. The minimum absolute atomic E-state index is 0.102. The van der Waals surface area contributed by atoms with Gasteiger partial charge in [0.05, 0.1) is 13.2 Å². The number of likely N-dealkylation sites (tertiary alicyclic amines) is 1. The first-order valence-electron chi connectivity index (χ1n) is 6.72. The molecule has 1 fully saturated rings. The van der Waals surface area contributed by atoms with Crippen LogP contribution in [0.25, 0.3) is 0 Å². The standard InChI is InChI=1S/C15H19NO5/c1-20-13(10-6-4-3-5-7-10)14(18)16-9-11(17)8-12(16)15(19)21-2/h3-7,11-13,17H,8-9H2,1-2H3. The summed E-state index contributed by atoms with van der Waals surface area (Å²) in [5, 5.41) is 9.75. The van der Waals surface area contributed by atoms with Crippen molar-refractivity contribution < 1.29 is 24.2 Å². The van der Waals surface area contributed by atoms with Crippen LogP contribution in [0.2, 0.25) is 0 Å². The molecule has 1 N–H and O–H groups in total. The third-order valence-electron chi connectivity index (χ3n) is 3.60. The Morgan fingerprint density at radius 2 is 1.95 bits per heavy atom. The highest BCUT2D eigenvalue weighted by Gasteiger charge is 2.42. The van der Waals surface area contributed by atoms with E-state index in [0.29, 0.717) is 5.56 Å². The maximum atomic E-state index is 12.6. The van der Waals surface area contributed by atoms with Crippen LogP contribution in [0.3, 0.4) is 0 Å². The minimum atomic E-state index is -0.802. The lowest BCUT2D eigenvalue weighted by Crippen LogP contribution is -2.44. The van der Waals surface area contributed by atoms with Gasteiger partial charge in [0.2, 0.25) is 0 Å². The van der Waals surface area contributed by atoms with Crippen molar-refractivity contribution in [3.05, 3.63) is 35.9 Å². The summed E-state index contributed by atoms with van der Waals surface area (Å²) in [5.74, 6) is -0.876. The summed E-state index contributed by atoms with van der Waals surface area (Å²) in [6.07, 6.45) is -1.35. The summed E-state index contributed by atoms with van der Waals surface area (Å²) in [7, 11) is 2.70. The highest BCUT2D eigenvalue weighted by Crippen LogP contribution is 2.26. The zero-order valence-electron chi connectivity index (χ0n) is 12.1. The molecule has 1 aromatic carbocycles. The highest BCUT2D eigenvalue weighted by molar-refractivity contribution is 5.88. The number of hydrogen-bond donors (Lipinski definition) is 1. The van der Waals surface area contributed by atoms with Crippen LogP contribution in [0, 0.1) is 0 Å². The van der Waals surface area contributed by atoms with E-state index in [1.807, 2.05) is 18.2 Å². The van der Waals surface area contributed by atoms with Crippen molar-refractivity contribution in [1.82, 2.24) is 4.90 Å². The molecule has 21 heavy (non-hydrogen) atoms. The first-order valence-corrected chi connectivity index (χ1v) is 6.72. The molecule has 1 aliphatic heterocycles. The van der Waals surface area contributed by atoms with Gasteiger partial charge in [0.1, 0.15) is 6.04 Å². The van der Waals surface area contributed by atoms with Crippen molar-refractivity contribution in [3.8, 4) is 0 Å². The van der Waals surface area contributed by atoms with Crippen molar-refractivity contribution in [3.63, 3.8) is 0 Å². The Morgan fingerprint density at radius 1 is 1.29 bits per heavy atom. The largest absolute Gasteiger partial charge is 0.467 e. The molecule has 1 aromatic rings. The molecule has 0 aliphatic carbocycles. The summed E-state index contributed by atoms with van der Waals surface area (Å²) in [6.45, 7) is 0.102. The number of aliphatic hydroxyl groups is 1. The topological polar surface area (TPSA) is 76.1 Å². The second-order valence-electron chi connectivity index (χ2n) is 4.95. The molecule has 1 heterocycles. The fraction of sp³-hybridized carbons (Fsp3) is 0.467. The van der Waals surface area contributed by atoms with Crippen LogP contribution in [0.4, 0.5) is 0 Å². The lowest BCUT2D eigenvalue weighted by atomic mass is 10.1. The van der Waals surface area contributed by atoms with E-state index >= 15 is 0 Å². The number of benzene rings is 1. The van der Waals surface area contributed by atoms with Crippen LogP contribution >= 0.6 is 0 Å². The Labute approximate surface area is 123 Å². The number of aliphatic hydroxyl groups excluding tert-OH is 1. The second-order valence-corrected chi connectivity index (χ2v) is 4.95. The SMILES string of the molecule is COC(=O)C1CC(O)CN1C(=O)C(OC)c1ccccc1. The third kappa shape index (κ3) is 3.22. The number of ether oxygens (including phenoxy) is 2. The third-order valence-corrected chi connectivity index (χ3v) is 3.60. The molecule has 0 bridgehead atoms. The van der Waals surface area contributed by atoms with Gasteiger partial charge in [-0.25, -0.2) is 4.79 Å². The van der Waals surface area contributed by atoms with Gasteiger partial charge in [-0.05, 0) is 5.56 Å². The Bertz CT molecular complexity index is 504. The van der Waals surface area contributed by atoms with E-state index in [9.17, 15) is 14.7 Å². The van der Waals surface area contributed by atoms with Crippen LogP contribution in [0.1, 0.15) is 18.1 Å². The Kier molecular flexibility index (Phi) is 4.93. The molecule has 6 nitrogen and oxygen atoms in total. The molecule has 1 aliphatic rings. The number of esters is 1. The molecular weight excluding hydrogens is 274 g/mol. The fourth-order valence-electron chi connectivity index (χ4n) is 2.57. The van der Waals surface area contributed by atoms with Crippen molar-refractivity contribution in [2.24, 2.45) is 0 Å². The van der Waals surface area contributed by atoms with Gasteiger partial charge in [0, 0.05) is 20.1 Å². The van der Waals surface area contributed by atoms with Gasteiger partial charge in [0.15, 0.2) is 6.10 Å². The lowest BCUT2D eigenvalue weighted by molar-refractivity contribution is -0.155. The smallest absolute Gasteiger partial charge is 0.328 e. The summed E-state index contributed by atoms with van der Waals surface area (Å²) in [4.78, 5) is 25.7. The van der Waals surface area contributed by atoms with E-state index in [1.165, 1.54) is 19.1 Å². The molecule has 0 saturated carbocycles. The molecule has 0 aromatic heterocycles. The van der Waals surface area contributed by atoms with Gasteiger partial charge < -0.3 is 19.5 Å². The second kappa shape index (κ2) is 6.69. The average Bonchev–Trinajstić information content (AvgIpc) is 2.90. The quantitative estimate of drug-likeness (QED) is 0.819. The number of hydrogen-bond acceptors (Lipinski definition) is 5. The highest BCUT2D eigenvalue weighted by atomic mass is 16.5. The van der Waals surface area contributed by atoms with Gasteiger partial charge in [-0.3, -0.25) is 4.79 Å². The average molecular weight is 293 g/mol. The van der Waals surface area contributed by atoms with Gasteiger partial charge in [-0.2, -0.15) is 0 Å². The zero-order valence-corrected chi connectivity index (χ0v) is 12.1. The van der Waals surface area contributed by atoms with E-state index in [-0.39, 0.29) is 18.9 Å². The number of amides is 1. The summed E-state index contributed by atoms with van der Waals surface area (Å²) < 4.78 is 9.98. The van der Waals surface area contributed by atoms with E-state index in [2.05, 4.69) is 0 Å². The molecule has 3 unspecified atom stereocenters. The summed E-state index contributed by atoms with van der Waals surface area (Å²) in [5.41, 5.74) is 0.704.